The molecule has 0 bridgehead atoms. The highest BCUT2D eigenvalue weighted by Gasteiger charge is 2.35. The number of aliphatic carboxylic acids is 1. The van der Waals surface area contributed by atoms with E-state index >= 15 is 0 Å². The molecule has 0 spiro atoms. The van der Waals surface area contributed by atoms with Gasteiger partial charge in [-0.15, -0.1) is 0 Å². The normalized spacial score (nSPS) is 23.1. The fourth-order valence-corrected chi connectivity index (χ4v) is 4.79. The summed E-state index contributed by atoms with van der Waals surface area (Å²) >= 11 is 0. The highest BCUT2D eigenvalue weighted by molar-refractivity contribution is 5.87. The van der Waals surface area contributed by atoms with Crippen LogP contribution in [0.5, 0.6) is 0 Å². The summed E-state index contributed by atoms with van der Waals surface area (Å²) in [4.78, 5) is 23.0. The minimum absolute atomic E-state index is 0.0138. The molecule has 0 heterocycles. The van der Waals surface area contributed by atoms with E-state index in [1.165, 1.54) is 11.1 Å². The maximum absolute atomic E-state index is 12.4. The number of aliphatic hydroxyl groups is 1. The largest absolute Gasteiger partial charge is 0.481 e. The lowest BCUT2D eigenvalue weighted by atomic mass is 9.87. The van der Waals surface area contributed by atoms with Gasteiger partial charge in [0, 0.05) is 24.7 Å². The van der Waals surface area contributed by atoms with E-state index in [1.54, 1.807) is 0 Å². The second kappa shape index (κ2) is 10.0. The third-order valence-corrected chi connectivity index (χ3v) is 6.46. The number of unbranched alkanes of at least 4 members (excludes halogenated alkanes) is 3. The average molecular weight is 397 g/mol. The van der Waals surface area contributed by atoms with Gasteiger partial charge in [-0.25, -0.2) is 0 Å². The van der Waals surface area contributed by atoms with E-state index in [2.05, 4.69) is 18.7 Å². The Hall–Kier alpha value is -2.20. The number of hydrogen-bond donors (Lipinski definition) is 2. The number of carboxylic acids is 1. The zero-order valence-corrected chi connectivity index (χ0v) is 17.1. The number of aliphatic hydroxyl groups excluding tert-OH is 1. The molecule has 1 aromatic carbocycles. The second-order valence-electron chi connectivity index (χ2n) is 8.59. The van der Waals surface area contributed by atoms with E-state index < -0.39 is 12.1 Å². The minimum atomic E-state index is -0.749. The lowest BCUT2D eigenvalue weighted by Gasteiger charge is -2.18. The molecule has 4 heteroatoms. The van der Waals surface area contributed by atoms with Crippen LogP contribution < -0.4 is 0 Å². The number of carbonyl (C=O) groups excluding carboxylic acids is 1. The van der Waals surface area contributed by atoms with Gasteiger partial charge in [-0.05, 0) is 42.7 Å². The molecular formula is C25H32O4. The third kappa shape index (κ3) is 5.66. The molecule has 1 unspecified atom stereocenters. The average Bonchev–Trinajstić information content (AvgIpc) is 3.23. The fraction of sp³-hybridized carbons (Fsp3) is 0.520. The molecule has 156 valence electrons. The van der Waals surface area contributed by atoms with Crippen molar-refractivity contribution in [1.82, 2.24) is 0 Å². The molecule has 4 nitrogen and oxygen atoms in total. The topological polar surface area (TPSA) is 74.6 Å². The van der Waals surface area contributed by atoms with Gasteiger partial charge in [0.25, 0.3) is 0 Å². The van der Waals surface area contributed by atoms with Gasteiger partial charge in [0.2, 0.25) is 0 Å². The van der Waals surface area contributed by atoms with Gasteiger partial charge in [-0.1, -0.05) is 67.8 Å². The molecule has 3 atom stereocenters. The van der Waals surface area contributed by atoms with Gasteiger partial charge in [0.1, 0.15) is 5.78 Å². The summed E-state index contributed by atoms with van der Waals surface area (Å²) in [7, 11) is 0. The van der Waals surface area contributed by atoms with Crippen LogP contribution >= 0.6 is 0 Å². The molecule has 1 saturated carbocycles. The van der Waals surface area contributed by atoms with Crippen LogP contribution in [0.15, 0.2) is 48.6 Å². The van der Waals surface area contributed by atoms with Crippen LogP contribution in [0.1, 0.15) is 56.1 Å². The van der Waals surface area contributed by atoms with Crippen molar-refractivity contribution in [3.05, 3.63) is 59.7 Å². The number of carbonyl (C=O) groups is 2. The van der Waals surface area contributed by atoms with E-state index in [0.717, 1.165) is 44.1 Å². The van der Waals surface area contributed by atoms with Gasteiger partial charge in [-0.2, -0.15) is 0 Å². The lowest BCUT2D eigenvalue weighted by Crippen LogP contribution is -2.19. The Bertz CT molecular complexity index is 754. The van der Waals surface area contributed by atoms with Crippen molar-refractivity contribution in [2.75, 3.05) is 0 Å². The molecule has 0 saturated heterocycles. The van der Waals surface area contributed by atoms with Crippen LogP contribution in [0.4, 0.5) is 0 Å². The molecule has 2 aliphatic carbocycles. The van der Waals surface area contributed by atoms with E-state index in [0.29, 0.717) is 12.8 Å². The molecule has 29 heavy (non-hydrogen) atoms. The zero-order valence-electron chi connectivity index (χ0n) is 17.1. The van der Waals surface area contributed by atoms with Gasteiger partial charge >= 0.3 is 5.97 Å². The molecule has 0 aliphatic heterocycles. The summed E-state index contributed by atoms with van der Waals surface area (Å²) in [5.41, 5.74) is 3.60. The van der Waals surface area contributed by atoms with Crippen molar-refractivity contribution in [3.8, 4) is 0 Å². The van der Waals surface area contributed by atoms with Crippen molar-refractivity contribution in [3.63, 3.8) is 0 Å². The number of rotatable bonds is 10. The summed E-state index contributed by atoms with van der Waals surface area (Å²) < 4.78 is 0. The molecule has 2 aliphatic rings. The van der Waals surface area contributed by atoms with Crippen LogP contribution in [0.3, 0.4) is 0 Å². The van der Waals surface area contributed by atoms with Crippen LogP contribution in [0, 0.1) is 17.8 Å². The number of Topliss-reactive ketones (excluding diaryl/α,β-unsaturated/α-hetero) is 1. The van der Waals surface area contributed by atoms with Crippen LogP contribution in [0.25, 0.3) is 0 Å². The zero-order chi connectivity index (χ0) is 20.8. The van der Waals surface area contributed by atoms with E-state index in [1.807, 2.05) is 24.3 Å². The highest BCUT2D eigenvalue weighted by atomic mass is 16.4. The number of hydrogen-bond acceptors (Lipinski definition) is 3. The Labute approximate surface area is 173 Å². The first-order valence-corrected chi connectivity index (χ1v) is 10.8. The van der Waals surface area contributed by atoms with E-state index in [-0.39, 0.29) is 30.0 Å². The molecular weight excluding hydrogens is 364 g/mol. The Morgan fingerprint density at radius 2 is 1.79 bits per heavy atom. The molecule has 0 amide bonds. The van der Waals surface area contributed by atoms with Crippen LogP contribution in [-0.2, 0) is 22.4 Å². The Balaban J connectivity index is 1.50. The van der Waals surface area contributed by atoms with Gasteiger partial charge in [0.05, 0.1) is 6.10 Å². The van der Waals surface area contributed by atoms with Crippen molar-refractivity contribution >= 4 is 11.8 Å². The first-order chi connectivity index (χ1) is 14.0. The number of allylic oxidation sites excluding steroid dienone is 2. The SMILES string of the molecule is C=C1CC(=O)[C@H](CCCCCCC(=O)O)[C@H]1C=CC(O)C1Cc2ccccc2C1. The number of benzene rings is 1. The van der Waals surface area contributed by atoms with Gasteiger partial charge in [0.15, 0.2) is 0 Å². The van der Waals surface area contributed by atoms with Crippen molar-refractivity contribution in [2.45, 2.75) is 63.9 Å². The summed E-state index contributed by atoms with van der Waals surface area (Å²) in [6.07, 6.45) is 10.1. The summed E-state index contributed by atoms with van der Waals surface area (Å²) in [6.45, 7) is 4.10. The molecule has 2 N–H and O–H groups in total. The number of fused-ring (bicyclic) bond motifs is 1. The maximum Gasteiger partial charge on any atom is 0.303 e. The van der Waals surface area contributed by atoms with E-state index in [4.69, 9.17) is 5.11 Å². The van der Waals surface area contributed by atoms with Crippen molar-refractivity contribution in [1.29, 1.82) is 0 Å². The number of carboxylic acid groups (broad SMARTS) is 1. The predicted molar refractivity (Wildman–Crippen MR) is 114 cm³/mol. The minimum Gasteiger partial charge on any atom is -0.481 e. The summed E-state index contributed by atoms with van der Waals surface area (Å²) in [6, 6.07) is 8.36. The molecule has 0 radical (unpaired) electrons. The quantitative estimate of drug-likeness (QED) is 0.451. The van der Waals surface area contributed by atoms with Gasteiger partial charge < -0.3 is 10.2 Å². The highest BCUT2D eigenvalue weighted by Crippen LogP contribution is 2.38. The Morgan fingerprint density at radius 1 is 1.14 bits per heavy atom. The second-order valence-corrected chi connectivity index (χ2v) is 8.59. The van der Waals surface area contributed by atoms with Crippen LogP contribution in [0.2, 0.25) is 0 Å². The monoisotopic (exact) mass is 396 g/mol. The summed E-state index contributed by atoms with van der Waals surface area (Å²) in [5.74, 6) is -0.341. The third-order valence-electron chi connectivity index (χ3n) is 6.46. The van der Waals surface area contributed by atoms with E-state index in [9.17, 15) is 14.7 Å². The first kappa shape index (κ1) is 21.5. The Morgan fingerprint density at radius 3 is 2.45 bits per heavy atom. The summed E-state index contributed by atoms with van der Waals surface area (Å²) in [5, 5.41) is 19.4. The van der Waals surface area contributed by atoms with Gasteiger partial charge in [-0.3, -0.25) is 9.59 Å². The standard InChI is InChI=1S/C25H32O4/c1-17-14-24(27)22(10-4-2-3-5-11-25(28)29)21(17)12-13-23(26)20-15-18-8-6-7-9-19(18)16-20/h6-9,12-13,20-23,26H,1-5,10-11,14-16H2,(H,28,29)/t21-,22+,23?/m0/s1. The first-order valence-electron chi connectivity index (χ1n) is 10.8. The number of ketones is 1. The molecule has 1 aromatic rings. The van der Waals surface area contributed by atoms with Crippen molar-refractivity contribution < 1.29 is 19.8 Å². The maximum atomic E-state index is 12.4. The molecule has 3 rings (SSSR count). The predicted octanol–water partition coefficient (Wildman–Crippen LogP) is 4.51. The molecule has 1 fully saturated rings. The fourth-order valence-electron chi connectivity index (χ4n) is 4.79. The molecule has 0 aromatic heterocycles. The van der Waals surface area contributed by atoms with Crippen LogP contribution in [-0.4, -0.2) is 28.1 Å². The Kier molecular flexibility index (Phi) is 7.43. The smallest absolute Gasteiger partial charge is 0.303 e. The lowest BCUT2D eigenvalue weighted by molar-refractivity contribution is -0.137. The van der Waals surface area contributed by atoms with Crippen molar-refractivity contribution in [2.24, 2.45) is 17.8 Å².